The van der Waals surface area contributed by atoms with Gasteiger partial charge in [0, 0.05) is 10.5 Å². The second-order valence-corrected chi connectivity index (χ2v) is 5.71. The zero-order valence-electron chi connectivity index (χ0n) is 11.5. The molecule has 0 radical (unpaired) electrons. The molecular weight excluding hydrogens is 284 g/mol. The normalized spacial score (nSPS) is 10.7. The molecule has 1 aromatic heterocycles. The largest absolute Gasteiger partial charge is 0.508 e. The van der Waals surface area contributed by atoms with Gasteiger partial charge in [0.05, 0.1) is 5.75 Å². The minimum absolute atomic E-state index is 0.255. The van der Waals surface area contributed by atoms with Crippen LogP contribution >= 0.6 is 11.8 Å². The number of phenols is 1. The maximum absolute atomic E-state index is 9.42. The molecule has 1 N–H and O–H groups in total. The Bertz CT molecular complexity index is 738. The Kier molecular flexibility index (Phi) is 3.92. The fraction of sp³-hybridized carbons (Fsp3) is 0.125. The van der Waals surface area contributed by atoms with Crippen LogP contribution in [-0.2, 0) is 5.75 Å². The molecule has 0 spiro atoms. The molecule has 1 heterocycles. The summed E-state index contributed by atoms with van der Waals surface area (Å²) in [6.45, 7) is 2.04. The average molecular weight is 298 g/mol. The molecule has 0 saturated carbocycles. The van der Waals surface area contributed by atoms with Crippen molar-refractivity contribution in [2.75, 3.05) is 0 Å². The minimum atomic E-state index is 0.255. The molecule has 4 nitrogen and oxygen atoms in total. The van der Waals surface area contributed by atoms with Crippen LogP contribution in [0.3, 0.4) is 0 Å². The van der Waals surface area contributed by atoms with Crippen LogP contribution in [0.2, 0.25) is 0 Å². The van der Waals surface area contributed by atoms with Gasteiger partial charge in [-0.05, 0) is 25.1 Å². The standard InChI is InChI=1S/C16H14N2O2S/c1-11-5-7-12(8-6-11)16-17-15(20-18-16)10-21-14-4-2-3-13(19)9-14/h2-9,19H,10H2,1H3. The van der Waals surface area contributed by atoms with E-state index in [0.29, 0.717) is 17.5 Å². The average Bonchev–Trinajstić information content (AvgIpc) is 2.95. The number of nitrogens with zero attached hydrogens (tertiary/aromatic N) is 2. The van der Waals surface area contributed by atoms with Gasteiger partial charge in [-0.25, -0.2) is 0 Å². The summed E-state index contributed by atoms with van der Waals surface area (Å²) in [7, 11) is 0. The van der Waals surface area contributed by atoms with Crippen LogP contribution in [0.4, 0.5) is 0 Å². The van der Waals surface area contributed by atoms with Gasteiger partial charge < -0.3 is 9.63 Å². The van der Waals surface area contributed by atoms with Crippen molar-refractivity contribution >= 4 is 11.8 Å². The van der Waals surface area contributed by atoms with Crippen LogP contribution in [0, 0.1) is 6.92 Å². The van der Waals surface area contributed by atoms with E-state index < -0.39 is 0 Å². The third-order valence-electron chi connectivity index (χ3n) is 2.96. The van der Waals surface area contributed by atoms with Crippen molar-refractivity contribution in [3.8, 4) is 17.1 Å². The lowest BCUT2D eigenvalue weighted by atomic mass is 10.1. The lowest BCUT2D eigenvalue weighted by Crippen LogP contribution is -1.83. The van der Waals surface area contributed by atoms with Crippen LogP contribution in [0.5, 0.6) is 5.75 Å². The smallest absolute Gasteiger partial charge is 0.237 e. The lowest BCUT2D eigenvalue weighted by molar-refractivity contribution is 0.391. The predicted molar refractivity (Wildman–Crippen MR) is 82.1 cm³/mol. The molecule has 3 rings (SSSR count). The zero-order chi connectivity index (χ0) is 14.7. The highest BCUT2D eigenvalue weighted by Crippen LogP contribution is 2.26. The van der Waals surface area contributed by atoms with E-state index in [1.165, 1.54) is 5.56 Å². The number of aromatic hydroxyl groups is 1. The number of benzene rings is 2. The molecule has 2 aromatic carbocycles. The first kappa shape index (κ1) is 13.7. The highest BCUT2D eigenvalue weighted by Gasteiger charge is 2.09. The quantitative estimate of drug-likeness (QED) is 0.736. The van der Waals surface area contributed by atoms with Gasteiger partial charge in [-0.2, -0.15) is 4.98 Å². The Morgan fingerprint density at radius 2 is 1.95 bits per heavy atom. The van der Waals surface area contributed by atoms with E-state index in [2.05, 4.69) is 10.1 Å². The van der Waals surface area contributed by atoms with Crippen molar-refractivity contribution < 1.29 is 9.63 Å². The van der Waals surface area contributed by atoms with Crippen molar-refractivity contribution in [1.29, 1.82) is 0 Å². The molecule has 0 bridgehead atoms. The van der Waals surface area contributed by atoms with E-state index in [1.807, 2.05) is 43.3 Å². The summed E-state index contributed by atoms with van der Waals surface area (Å²) in [5.74, 6) is 1.99. The van der Waals surface area contributed by atoms with Gasteiger partial charge >= 0.3 is 0 Å². The topological polar surface area (TPSA) is 59.2 Å². The molecule has 0 fully saturated rings. The second-order valence-electron chi connectivity index (χ2n) is 4.66. The summed E-state index contributed by atoms with van der Waals surface area (Å²) in [6.07, 6.45) is 0. The fourth-order valence-corrected chi connectivity index (χ4v) is 2.64. The molecule has 21 heavy (non-hydrogen) atoms. The Morgan fingerprint density at radius 1 is 1.14 bits per heavy atom. The van der Waals surface area contributed by atoms with Gasteiger partial charge in [-0.3, -0.25) is 0 Å². The van der Waals surface area contributed by atoms with E-state index in [0.717, 1.165) is 10.5 Å². The Labute approximate surface area is 126 Å². The van der Waals surface area contributed by atoms with Gasteiger partial charge in [0.15, 0.2) is 0 Å². The summed E-state index contributed by atoms with van der Waals surface area (Å²) in [6, 6.07) is 15.1. The summed E-state index contributed by atoms with van der Waals surface area (Å²) in [5, 5.41) is 13.4. The zero-order valence-corrected chi connectivity index (χ0v) is 12.3. The van der Waals surface area contributed by atoms with E-state index in [-0.39, 0.29) is 5.75 Å². The van der Waals surface area contributed by atoms with Crippen molar-refractivity contribution in [1.82, 2.24) is 10.1 Å². The molecule has 0 unspecified atom stereocenters. The van der Waals surface area contributed by atoms with Crippen LogP contribution < -0.4 is 0 Å². The van der Waals surface area contributed by atoms with Crippen LogP contribution in [0.15, 0.2) is 57.9 Å². The van der Waals surface area contributed by atoms with Crippen LogP contribution in [0.25, 0.3) is 11.4 Å². The van der Waals surface area contributed by atoms with Gasteiger partial charge in [0.1, 0.15) is 5.75 Å². The van der Waals surface area contributed by atoms with E-state index in [9.17, 15) is 5.11 Å². The van der Waals surface area contributed by atoms with Crippen LogP contribution in [0.1, 0.15) is 11.5 Å². The van der Waals surface area contributed by atoms with E-state index in [4.69, 9.17) is 4.52 Å². The number of aromatic nitrogens is 2. The number of hydrogen-bond donors (Lipinski definition) is 1. The number of thioether (sulfide) groups is 1. The summed E-state index contributed by atoms with van der Waals surface area (Å²) >= 11 is 1.54. The molecule has 0 amide bonds. The SMILES string of the molecule is Cc1ccc(-c2noc(CSc3cccc(O)c3)n2)cc1. The number of hydrogen-bond acceptors (Lipinski definition) is 5. The highest BCUT2D eigenvalue weighted by atomic mass is 32.2. The van der Waals surface area contributed by atoms with Gasteiger partial charge in [-0.1, -0.05) is 41.1 Å². The van der Waals surface area contributed by atoms with Crippen molar-refractivity contribution in [3.63, 3.8) is 0 Å². The predicted octanol–water partition coefficient (Wildman–Crippen LogP) is 4.04. The van der Waals surface area contributed by atoms with Crippen molar-refractivity contribution in [3.05, 3.63) is 60.0 Å². The molecule has 0 atom stereocenters. The fourth-order valence-electron chi connectivity index (χ4n) is 1.85. The van der Waals surface area contributed by atoms with Gasteiger partial charge in [-0.15, -0.1) is 11.8 Å². The molecule has 0 aliphatic heterocycles. The molecule has 5 heteroatoms. The maximum Gasteiger partial charge on any atom is 0.237 e. The minimum Gasteiger partial charge on any atom is -0.508 e. The summed E-state index contributed by atoms with van der Waals surface area (Å²) in [5.41, 5.74) is 2.14. The van der Waals surface area contributed by atoms with Gasteiger partial charge in [0.2, 0.25) is 11.7 Å². The molecule has 3 aromatic rings. The molecule has 0 saturated heterocycles. The summed E-state index contributed by atoms with van der Waals surface area (Å²) < 4.78 is 5.26. The molecule has 106 valence electrons. The first-order valence-electron chi connectivity index (χ1n) is 6.52. The first-order valence-corrected chi connectivity index (χ1v) is 7.51. The monoisotopic (exact) mass is 298 g/mol. The lowest BCUT2D eigenvalue weighted by Gasteiger charge is -1.98. The van der Waals surface area contributed by atoms with Crippen molar-refractivity contribution in [2.45, 2.75) is 17.6 Å². The number of rotatable bonds is 4. The van der Waals surface area contributed by atoms with E-state index >= 15 is 0 Å². The maximum atomic E-state index is 9.42. The van der Waals surface area contributed by atoms with Crippen molar-refractivity contribution in [2.24, 2.45) is 0 Å². The number of phenolic OH excluding ortho intramolecular Hbond substituents is 1. The van der Waals surface area contributed by atoms with Crippen LogP contribution in [-0.4, -0.2) is 15.2 Å². The van der Waals surface area contributed by atoms with E-state index in [1.54, 1.807) is 23.9 Å². The number of aryl methyl sites for hydroxylation is 1. The summed E-state index contributed by atoms with van der Waals surface area (Å²) in [4.78, 5) is 5.35. The molecular formula is C16H14N2O2S. The first-order chi connectivity index (χ1) is 10.2. The molecule has 0 aliphatic rings. The van der Waals surface area contributed by atoms with Gasteiger partial charge in [0.25, 0.3) is 0 Å². The second kappa shape index (κ2) is 6.01. The Hall–Kier alpha value is -2.27. The Balaban J connectivity index is 1.69. The highest BCUT2D eigenvalue weighted by molar-refractivity contribution is 7.98. The third kappa shape index (κ3) is 3.44. The Morgan fingerprint density at radius 3 is 2.71 bits per heavy atom. The third-order valence-corrected chi connectivity index (χ3v) is 3.94. The molecule has 0 aliphatic carbocycles.